The smallest absolute Gasteiger partial charge is 0.194 e. The van der Waals surface area contributed by atoms with Gasteiger partial charge >= 0.3 is 0 Å². The van der Waals surface area contributed by atoms with Gasteiger partial charge in [0, 0.05) is 11.8 Å². The first-order chi connectivity index (χ1) is 10.2. The van der Waals surface area contributed by atoms with Gasteiger partial charge < -0.3 is 11.1 Å². The summed E-state index contributed by atoms with van der Waals surface area (Å²) in [6.07, 6.45) is 4.05. The minimum atomic E-state index is -0.242. The van der Waals surface area contributed by atoms with Crippen LogP contribution in [-0.4, -0.2) is 10.9 Å². The summed E-state index contributed by atoms with van der Waals surface area (Å²) in [6.45, 7) is 0.220. The Labute approximate surface area is 122 Å². The van der Waals surface area contributed by atoms with Crippen molar-refractivity contribution in [2.45, 2.75) is 25.3 Å². The van der Waals surface area contributed by atoms with Crippen LogP contribution in [0.3, 0.4) is 0 Å². The highest BCUT2D eigenvalue weighted by atomic mass is 19.1. The van der Waals surface area contributed by atoms with E-state index < -0.39 is 0 Å². The Bertz CT molecular complexity index is 651. The van der Waals surface area contributed by atoms with Gasteiger partial charge in [-0.05, 0) is 42.5 Å². The predicted octanol–water partition coefficient (Wildman–Crippen LogP) is 3.02. The number of aromatic nitrogens is 1. The van der Waals surface area contributed by atoms with E-state index >= 15 is 0 Å². The van der Waals surface area contributed by atoms with Crippen molar-refractivity contribution < 1.29 is 4.39 Å². The molecule has 1 fully saturated rings. The van der Waals surface area contributed by atoms with E-state index in [4.69, 9.17) is 5.73 Å². The molecule has 5 heteroatoms. The fourth-order valence-electron chi connectivity index (χ4n) is 2.16. The maximum atomic E-state index is 13.8. The second-order valence-electron chi connectivity index (χ2n) is 5.17. The summed E-state index contributed by atoms with van der Waals surface area (Å²) in [5.74, 6) is 1.20. The summed E-state index contributed by atoms with van der Waals surface area (Å²) in [6, 6.07) is 10.7. The summed E-state index contributed by atoms with van der Waals surface area (Å²) in [4.78, 5) is 8.27. The van der Waals surface area contributed by atoms with Crippen molar-refractivity contribution >= 4 is 11.8 Å². The van der Waals surface area contributed by atoms with Crippen LogP contribution in [0.15, 0.2) is 47.6 Å². The van der Waals surface area contributed by atoms with Crippen LogP contribution in [0.4, 0.5) is 10.2 Å². The number of nitrogens with one attached hydrogen (secondary N) is 1. The van der Waals surface area contributed by atoms with Gasteiger partial charge in [-0.25, -0.2) is 14.4 Å². The molecule has 21 heavy (non-hydrogen) atoms. The molecule has 0 aliphatic heterocycles. The first-order valence-electron chi connectivity index (χ1n) is 6.98. The molecule has 2 aromatic rings. The molecule has 1 saturated carbocycles. The normalized spacial score (nSPS) is 15.0. The minimum Gasteiger partial charge on any atom is -0.370 e. The van der Waals surface area contributed by atoms with E-state index in [0.29, 0.717) is 17.3 Å². The van der Waals surface area contributed by atoms with Gasteiger partial charge in [0.1, 0.15) is 11.6 Å². The molecule has 3 N–H and O–H groups in total. The molecule has 1 aliphatic carbocycles. The number of guanidine groups is 1. The highest BCUT2D eigenvalue weighted by Gasteiger charge is 2.24. The molecule has 4 nitrogen and oxygen atoms in total. The van der Waals surface area contributed by atoms with Crippen molar-refractivity contribution in [3.05, 3.63) is 59.5 Å². The Kier molecular flexibility index (Phi) is 3.81. The lowest BCUT2D eigenvalue weighted by Gasteiger charge is -2.06. The minimum absolute atomic E-state index is 0.220. The summed E-state index contributed by atoms with van der Waals surface area (Å²) >= 11 is 0. The van der Waals surface area contributed by atoms with Crippen LogP contribution in [0.5, 0.6) is 0 Å². The van der Waals surface area contributed by atoms with Gasteiger partial charge in [0.05, 0.1) is 6.54 Å². The number of nitrogens with zero attached hydrogens (tertiary/aromatic N) is 2. The Morgan fingerprint density at radius 1 is 1.33 bits per heavy atom. The zero-order valence-corrected chi connectivity index (χ0v) is 11.6. The van der Waals surface area contributed by atoms with Crippen LogP contribution in [0, 0.1) is 5.82 Å². The van der Waals surface area contributed by atoms with Gasteiger partial charge in [-0.2, -0.15) is 0 Å². The standard InChI is InChI=1S/C16H17FN4/c17-14-7-6-12(11-4-5-11)9-13(14)10-20-16(18)21-15-3-1-2-8-19-15/h1-3,6-9,11H,4-5,10H2,(H3,18,19,20,21). The molecule has 0 unspecified atom stereocenters. The number of halogens is 1. The molecule has 0 amide bonds. The third-order valence-electron chi connectivity index (χ3n) is 3.46. The van der Waals surface area contributed by atoms with E-state index in [1.807, 2.05) is 24.3 Å². The molecule has 1 aliphatic rings. The highest BCUT2D eigenvalue weighted by molar-refractivity contribution is 5.91. The van der Waals surface area contributed by atoms with Gasteiger partial charge in [-0.1, -0.05) is 18.2 Å². The Hall–Kier alpha value is -2.43. The highest BCUT2D eigenvalue weighted by Crippen LogP contribution is 2.40. The fourth-order valence-corrected chi connectivity index (χ4v) is 2.16. The number of hydrogen-bond acceptors (Lipinski definition) is 2. The average molecular weight is 284 g/mol. The van der Waals surface area contributed by atoms with E-state index in [0.717, 1.165) is 0 Å². The zero-order valence-electron chi connectivity index (χ0n) is 11.6. The Morgan fingerprint density at radius 2 is 2.19 bits per heavy atom. The second-order valence-corrected chi connectivity index (χ2v) is 5.17. The number of benzene rings is 1. The van der Waals surface area contributed by atoms with Gasteiger partial charge in [0.2, 0.25) is 0 Å². The van der Waals surface area contributed by atoms with Crippen molar-refractivity contribution in [2.75, 3.05) is 5.32 Å². The van der Waals surface area contributed by atoms with Crippen LogP contribution >= 0.6 is 0 Å². The average Bonchev–Trinajstić information content (AvgIpc) is 3.32. The summed E-state index contributed by atoms with van der Waals surface area (Å²) in [5.41, 5.74) is 7.56. The van der Waals surface area contributed by atoms with Crippen molar-refractivity contribution in [1.82, 2.24) is 4.98 Å². The number of aliphatic imine (C=N–C) groups is 1. The summed E-state index contributed by atoms with van der Waals surface area (Å²) in [7, 11) is 0. The van der Waals surface area contributed by atoms with Crippen molar-refractivity contribution in [2.24, 2.45) is 10.7 Å². The molecule has 1 aromatic carbocycles. The quantitative estimate of drug-likeness (QED) is 0.670. The lowest BCUT2D eigenvalue weighted by atomic mass is 10.1. The van der Waals surface area contributed by atoms with Gasteiger partial charge in [0.15, 0.2) is 5.96 Å². The molecule has 0 saturated heterocycles. The number of nitrogens with two attached hydrogens (primary N) is 1. The lowest BCUT2D eigenvalue weighted by Crippen LogP contribution is -2.23. The fraction of sp³-hybridized carbons (Fsp3) is 0.250. The van der Waals surface area contributed by atoms with E-state index in [9.17, 15) is 4.39 Å². The number of pyridine rings is 1. The number of hydrogen-bond donors (Lipinski definition) is 2. The summed E-state index contributed by atoms with van der Waals surface area (Å²) < 4.78 is 13.8. The molecular formula is C16H17FN4. The third-order valence-corrected chi connectivity index (χ3v) is 3.46. The van der Waals surface area contributed by atoms with Crippen LogP contribution in [-0.2, 0) is 6.54 Å². The maximum absolute atomic E-state index is 13.8. The molecule has 0 bridgehead atoms. The van der Waals surface area contributed by atoms with Gasteiger partial charge in [-0.15, -0.1) is 0 Å². The van der Waals surface area contributed by atoms with Gasteiger partial charge in [0.25, 0.3) is 0 Å². The van der Waals surface area contributed by atoms with E-state index in [2.05, 4.69) is 15.3 Å². The Balaban J connectivity index is 1.68. The van der Waals surface area contributed by atoms with Crippen molar-refractivity contribution in [3.8, 4) is 0 Å². The first-order valence-corrected chi connectivity index (χ1v) is 6.98. The molecule has 0 atom stereocenters. The van der Waals surface area contributed by atoms with E-state index in [1.165, 1.54) is 24.5 Å². The molecule has 1 aromatic heterocycles. The molecule has 1 heterocycles. The SMILES string of the molecule is NC(=NCc1cc(C2CC2)ccc1F)Nc1ccccn1. The van der Waals surface area contributed by atoms with Crippen LogP contribution in [0.2, 0.25) is 0 Å². The predicted molar refractivity (Wildman–Crippen MR) is 81.6 cm³/mol. The van der Waals surface area contributed by atoms with Crippen LogP contribution in [0.25, 0.3) is 0 Å². The topological polar surface area (TPSA) is 63.3 Å². The molecular weight excluding hydrogens is 267 g/mol. The number of rotatable bonds is 4. The first kappa shape index (κ1) is 13.5. The summed E-state index contributed by atoms with van der Waals surface area (Å²) in [5, 5.41) is 2.88. The monoisotopic (exact) mass is 284 g/mol. The maximum Gasteiger partial charge on any atom is 0.194 e. The molecule has 108 valence electrons. The number of anilines is 1. The van der Waals surface area contributed by atoms with Gasteiger partial charge in [-0.3, -0.25) is 0 Å². The zero-order chi connectivity index (χ0) is 14.7. The van der Waals surface area contributed by atoms with Crippen molar-refractivity contribution in [3.63, 3.8) is 0 Å². The lowest BCUT2D eigenvalue weighted by molar-refractivity contribution is 0.609. The van der Waals surface area contributed by atoms with E-state index in [1.54, 1.807) is 12.3 Å². The van der Waals surface area contributed by atoms with E-state index in [-0.39, 0.29) is 18.3 Å². The van der Waals surface area contributed by atoms with Crippen molar-refractivity contribution in [1.29, 1.82) is 0 Å². The van der Waals surface area contributed by atoms with Crippen LogP contribution < -0.4 is 11.1 Å². The molecule has 0 spiro atoms. The molecule has 3 rings (SSSR count). The second kappa shape index (κ2) is 5.91. The Morgan fingerprint density at radius 3 is 2.90 bits per heavy atom. The molecule has 0 radical (unpaired) electrons. The largest absolute Gasteiger partial charge is 0.370 e. The van der Waals surface area contributed by atoms with Crippen LogP contribution in [0.1, 0.15) is 29.9 Å². The third kappa shape index (κ3) is 3.56.